The van der Waals surface area contributed by atoms with Gasteiger partial charge in [0.2, 0.25) is 5.91 Å². The summed E-state index contributed by atoms with van der Waals surface area (Å²) in [7, 11) is -0.795. The van der Waals surface area contributed by atoms with Crippen LogP contribution < -0.4 is 15.5 Å². The van der Waals surface area contributed by atoms with E-state index in [1.54, 1.807) is 0 Å². The van der Waals surface area contributed by atoms with E-state index in [2.05, 4.69) is 24.3 Å². The van der Waals surface area contributed by atoms with Crippen molar-refractivity contribution in [3.8, 4) is 0 Å². The SMILES string of the molecule is O=C(CP(c1ccccc1)c1ccccc1)N(c1ccccc1)c1ccccc1. The van der Waals surface area contributed by atoms with Crippen LogP contribution in [0.1, 0.15) is 0 Å². The quantitative estimate of drug-likeness (QED) is 0.396. The molecule has 3 heteroatoms. The van der Waals surface area contributed by atoms with Crippen LogP contribution in [0.4, 0.5) is 11.4 Å². The normalized spacial score (nSPS) is 10.7. The summed E-state index contributed by atoms with van der Waals surface area (Å²) in [5.41, 5.74) is 1.78. The van der Waals surface area contributed by atoms with Gasteiger partial charge in [-0.1, -0.05) is 97.1 Å². The molecule has 142 valence electrons. The van der Waals surface area contributed by atoms with Gasteiger partial charge < -0.3 is 0 Å². The predicted octanol–water partition coefficient (Wildman–Crippen LogP) is 5.48. The number of anilines is 2. The van der Waals surface area contributed by atoms with Crippen LogP contribution in [-0.4, -0.2) is 12.1 Å². The van der Waals surface area contributed by atoms with Crippen LogP contribution in [0.25, 0.3) is 0 Å². The lowest BCUT2D eigenvalue weighted by molar-refractivity contribution is -0.115. The number of nitrogens with zero attached hydrogens (tertiary/aromatic N) is 1. The number of carbonyl (C=O) groups is 1. The first-order chi connectivity index (χ1) is 14.3. The number of hydrogen-bond donors (Lipinski definition) is 0. The van der Waals surface area contributed by atoms with Crippen LogP contribution in [0.15, 0.2) is 121 Å². The van der Waals surface area contributed by atoms with Crippen molar-refractivity contribution in [3.05, 3.63) is 121 Å². The highest BCUT2D eigenvalue weighted by molar-refractivity contribution is 7.73. The number of amides is 1. The Labute approximate surface area is 173 Å². The number of carbonyl (C=O) groups excluding carboxylic acids is 1. The molecule has 1 amide bonds. The monoisotopic (exact) mass is 395 g/mol. The topological polar surface area (TPSA) is 20.3 Å². The average molecular weight is 395 g/mol. The van der Waals surface area contributed by atoms with E-state index < -0.39 is 7.92 Å². The second-order valence-corrected chi connectivity index (χ2v) is 8.86. The summed E-state index contributed by atoms with van der Waals surface area (Å²) < 4.78 is 0. The van der Waals surface area contributed by atoms with Crippen LogP contribution in [0, 0.1) is 0 Å². The van der Waals surface area contributed by atoms with Crippen molar-refractivity contribution < 1.29 is 4.79 Å². The zero-order chi connectivity index (χ0) is 19.9. The van der Waals surface area contributed by atoms with E-state index in [1.165, 1.54) is 10.6 Å². The highest BCUT2D eigenvalue weighted by Gasteiger charge is 2.23. The van der Waals surface area contributed by atoms with Gasteiger partial charge in [-0.3, -0.25) is 9.69 Å². The molecule has 4 aromatic rings. The van der Waals surface area contributed by atoms with Gasteiger partial charge in [-0.05, 0) is 42.8 Å². The Kier molecular flexibility index (Phi) is 6.14. The molecule has 4 aromatic carbocycles. The van der Waals surface area contributed by atoms with E-state index in [9.17, 15) is 4.79 Å². The van der Waals surface area contributed by atoms with E-state index in [4.69, 9.17) is 0 Å². The Morgan fingerprint density at radius 3 is 1.28 bits per heavy atom. The molecule has 0 spiro atoms. The fraction of sp³-hybridized carbons (Fsp3) is 0.0385. The van der Waals surface area contributed by atoms with Crippen LogP contribution in [0.5, 0.6) is 0 Å². The molecule has 0 aromatic heterocycles. The van der Waals surface area contributed by atoms with Crippen molar-refractivity contribution in [3.63, 3.8) is 0 Å². The average Bonchev–Trinajstić information content (AvgIpc) is 2.80. The van der Waals surface area contributed by atoms with Gasteiger partial charge in [-0.2, -0.15) is 0 Å². The maximum Gasteiger partial charge on any atom is 0.236 e. The van der Waals surface area contributed by atoms with E-state index in [1.807, 2.05) is 102 Å². The maximum absolute atomic E-state index is 13.6. The van der Waals surface area contributed by atoms with E-state index in [0.29, 0.717) is 6.16 Å². The van der Waals surface area contributed by atoms with Crippen molar-refractivity contribution in [1.29, 1.82) is 0 Å². The molecule has 0 unspecified atom stereocenters. The molecule has 0 atom stereocenters. The zero-order valence-corrected chi connectivity index (χ0v) is 17.0. The molecule has 0 bridgehead atoms. The van der Waals surface area contributed by atoms with Gasteiger partial charge in [-0.25, -0.2) is 0 Å². The van der Waals surface area contributed by atoms with Crippen molar-refractivity contribution in [1.82, 2.24) is 0 Å². The first kappa shape index (κ1) is 19.1. The second kappa shape index (κ2) is 9.32. The van der Waals surface area contributed by atoms with Crippen LogP contribution in [0.3, 0.4) is 0 Å². The molecule has 0 aliphatic rings. The molecule has 0 aliphatic heterocycles. The third-order valence-electron chi connectivity index (χ3n) is 4.71. The largest absolute Gasteiger partial charge is 0.281 e. The van der Waals surface area contributed by atoms with Gasteiger partial charge in [0.15, 0.2) is 0 Å². The van der Waals surface area contributed by atoms with Gasteiger partial charge in [0.1, 0.15) is 0 Å². The van der Waals surface area contributed by atoms with E-state index in [-0.39, 0.29) is 5.91 Å². The summed E-state index contributed by atoms with van der Waals surface area (Å²) >= 11 is 0. The number of benzene rings is 4. The Morgan fingerprint density at radius 2 is 0.897 bits per heavy atom. The molecule has 0 heterocycles. The summed E-state index contributed by atoms with van der Waals surface area (Å²) in [4.78, 5) is 15.5. The molecule has 2 nitrogen and oxygen atoms in total. The molecule has 4 rings (SSSR count). The molecule has 0 radical (unpaired) electrons. The first-order valence-corrected chi connectivity index (χ1v) is 11.2. The minimum Gasteiger partial charge on any atom is -0.281 e. The van der Waals surface area contributed by atoms with Gasteiger partial charge in [0.05, 0.1) is 6.16 Å². The maximum atomic E-state index is 13.6. The van der Waals surface area contributed by atoms with Crippen molar-refractivity contribution in [2.75, 3.05) is 11.1 Å². The lowest BCUT2D eigenvalue weighted by atomic mass is 10.2. The molecule has 0 saturated heterocycles. The first-order valence-electron chi connectivity index (χ1n) is 9.63. The molecular weight excluding hydrogens is 373 g/mol. The highest BCUT2D eigenvalue weighted by atomic mass is 31.1. The summed E-state index contributed by atoms with van der Waals surface area (Å²) in [6.07, 6.45) is 0.452. The Morgan fingerprint density at radius 1 is 0.552 bits per heavy atom. The number of hydrogen-bond acceptors (Lipinski definition) is 1. The fourth-order valence-corrected chi connectivity index (χ4v) is 5.48. The third kappa shape index (κ3) is 4.62. The summed E-state index contributed by atoms with van der Waals surface area (Å²) in [6, 6.07) is 40.5. The van der Waals surface area contributed by atoms with Gasteiger partial charge >= 0.3 is 0 Å². The molecule has 0 fully saturated rings. The third-order valence-corrected chi connectivity index (χ3v) is 7.14. The van der Waals surface area contributed by atoms with Crippen molar-refractivity contribution in [2.45, 2.75) is 0 Å². The predicted molar refractivity (Wildman–Crippen MR) is 124 cm³/mol. The lowest BCUT2D eigenvalue weighted by Gasteiger charge is -2.26. The molecule has 0 N–H and O–H groups in total. The molecular formula is C26H22NOP. The fourth-order valence-electron chi connectivity index (χ4n) is 3.34. The second-order valence-electron chi connectivity index (χ2n) is 6.66. The van der Waals surface area contributed by atoms with Crippen molar-refractivity contribution in [2.24, 2.45) is 0 Å². The smallest absolute Gasteiger partial charge is 0.236 e. The minimum atomic E-state index is -0.795. The molecule has 29 heavy (non-hydrogen) atoms. The van der Waals surface area contributed by atoms with E-state index in [0.717, 1.165) is 11.4 Å². The molecule has 0 aliphatic carbocycles. The molecule has 0 saturated carbocycles. The van der Waals surface area contributed by atoms with Crippen molar-refractivity contribution >= 4 is 35.8 Å². The number of rotatable bonds is 6. The standard InChI is InChI=1S/C26H22NOP/c28-26(27(22-13-5-1-6-14-22)23-15-7-2-8-16-23)21-29(24-17-9-3-10-18-24)25-19-11-4-12-20-25/h1-20H,21H2. The van der Waals surface area contributed by atoms with Gasteiger partial charge in [-0.15, -0.1) is 0 Å². The zero-order valence-electron chi connectivity index (χ0n) is 16.1. The van der Waals surface area contributed by atoms with Crippen LogP contribution in [-0.2, 0) is 4.79 Å². The van der Waals surface area contributed by atoms with Crippen LogP contribution >= 0.6 is 7.92 Å². The highest BCUT2D eigenvalue weighted by Crippen LogP contribution is 2.36. The summed E-state index contributed by atoms with van der Waals surface area (Å²) in [6.45, 7) is 0. The Hall–Kier alpha value is -3.22. The van der Waals surface area contributed by atoms with Gasteiger partial charge in [0, 0.05) is 11.4 Å². The summed E-state index contributed by atoms with van der Waals surface area (Å²) in [5, 5.41) is 2.42. The minimum absolute atomic E-state index is 0.0983. The van der Waals surface area contributed by atoms with Gasteiger partial charge in [0.25, 0.3) is 0 Å². The van der Waals surface area contributed by atoms with Crippen LogP contribution in [0.2, 0.25) is 0 Å². The summed E-state index contributed by atoms with van der Waals surface area (Å²) in [5.74, 6) is 0.0983. The Balaban J connectivity index is 1.71. The lowest BCUT2D eigenvalue weighted by Crippen LogP contribution is -2.31. The van der Waals surface area contributed by atoms with E-state index >= 15 is 0 Å². The number of para-hydroxylation sites is 2. The Bertz CT molecular complexity index is 958.